The van der Waals surface area contributed by atoms with E-state index in [0.717, 1.165) is 22.0 Å². The van der Waals surface area contributed by atoms with Crippen LogP contribution < -0.4 is 0 Å². The number of benzene rings is 1. The zero-order chi connectivity index (χ0) is 17.3. The Kier molecular flexibility index (Phi) is 4.49. The first-order valence-electron chi connectivity index (χ1n) is 7.66. The summed E-state index contributed by atoms with van der Waals surface area (Å²) in [7, 11) is 1.75. The Hall–Kier alpha value is -2.47. The fourth-order valence-electron chi connectivity index (χ4n) is 2.40. The molecule has 5 nitrogen and oxygen atoms in total. The highest BCUT2D eigenvalue weighted by molar-refractivity contribution is 7.15. The molecule has 0 unspecified atom stereocenters. The molecule has 0 atom stereocenters. The summed E-state index contributed by atoms with van der Waals surface area (Å²) in [6.07, 6.45) is 0. The van der Waals surface area contributed by atoms with Gasteiger partial charge in [0.25, 0.3) is 5.91 Å². The van der Waals surface area contributed by atoms with Crippen LogP contribution in [0.15, 0.2) is 34.9 Å². The lowest BCUT2D eigenvalue weighted by Crippen LogP contribution is -2.26. The summed E-state index contributed by atoms with van der Waals surface area (Å²) in [5.74, 6) is 0.613. The SMILES string of the molecule is Cc1cc(CN(C)C(=O)c2cccc(-c3nc(C)c(C)s3)c2)on1. The largest absolute Gasteiger partial charge is 0.359 e. The van der Waals surface area contributed by atoms with Crippen LogP contribution in [0, 0.1) is 20.8 Å². The van der Waals surface area contributed by atoms with Crippen LogP contribution in [0.5, 0.6) is 0 Å². The van der Waals surface area contributed by atoms with Crippen LogP contribution in [0.25, 0.3) is 10.6 Å². The average Bonchev–Trinajstić information content (AvgIpc) is 3.12. The molecule has 3 aromatic rings. The van der Waals surface area contributed by atoms with Crippen molar-refractivity contribution in [2.45, 2.75) is 27.3 Å². The van der Waals surface area contributed by atoms with Crippen molar-refractivity contribution >= 4 is 17.2 Å². The van der Waals surface area contributed by atoms with Crippen LogP contribution in [0.2, 0.25) is 0 Å². The third-order valence-electron chi connectivity index (χ3n) is 3.80. The average molecular weight is 341 g/mol. The summed E-state index contributed by atoms with van der Waals surface area (Å²) in [4.78, 5) is 20.0. The Morgan fingerprint density at radius 2 is 2.04 bits per heavy atom. The normalized spacial score (nSPS) is 10.8. The predicted molar refractivity (Wildman–Crippen MR) is 94.1 cm³/mol. The quantitative estimate of drug-likeness (QED) is 0.720. The molecule has 1 amide bonds. The summed E-state index contributed by atoms with van der Waals surface area (Å²) >= 11 is 1.64. The number of hydrogen-bond donors (Lipinski definition) is 0. The lowest BCUT2D eigenvalue weighted by molar-refractivity contribution is 0.0772. The molecule has 0 aliphatic rings. The summed E-state index contributed by atoms with van der Waals surface area (Å²) in [5, 5.41) is 4.78. The topological polar surface area (TPSA) is 59.2 Å². The zero-order valence-electron chi connectivity index (χ0n) is 14.2. The van der Waals surface area contributed by atoms with E-state index in [9.17, 15) is 4.79 Å². The van der Waals surface area contributed by atoms with Gasteiger partial charge in [-0.2, -0.15) is 0 Å². The Bertz CT molecular complexity index is 863. The summed E-state index contributed by atoms with van der Waals surface area (Å²) in [5.41, 5.74) is 3.44. The van der Waals surface area contributed by atoms with Gasteiger partial charge in [0.2, 0.25) is 0 Å². The van der Waals surface area contributed by atoms with E-state index in [-0.39, 0.29) is 5.91 Å². The van der Waals surface area contributed by atoms with Gasteiger partial charge < -0.3 is 9.42 Å². The smallest absolute Gasteiger partial charge is 0.254 e. The molecule has 124 valence electrons. The van der Waals surface area contributed by atoms with Crippen LogP contribution in [0.3, 0.4) is 0 Å². The van der Waals surface area contributed by atoms with Gasteiger partial charge in [0.15, 0.2) is 5.76 Å². The number of thiazole rings is 1. The maximum absolute atomic E-state index is 12.7. The molecular formula is C18H19N3O2S. The summed E-state index contributed by atoms with van der Waals surface area (Å²) < 4.78 is 5.18. The van der Waals surface area contributed by atoms with Gasteiger partial charge in [-0.3, -0.25) is 4.79 Å². The monoisotopic (exact) mass is 341 g/mol. The van der Waals surface area contributed by atoms with Crippen molar-refractivity contribution in [1.29, 1.82) is 0 Å². The highest BCUT2D eigenvalue weighted by Gasteiger charge is 2.15. The standard InChI is InChI=1S/C18H19N3O2S/c1-11-8-16(23-20-11)10-21(4)18(22)15-7-5-6-14(9-15)17-19-12(2)13(3)24-17/h5-9H,10H2,1-4H3. The molecule has 0 aliphatic heterocycles. The van der Waals surface area contributed by atoms with E-state index in [1.807, 2.05) is 44.2 Å². The highest BCUT2D eigenvalue weighted by Crippen LogP contribution is 2.28. The van der Waals surface area contributed by atoms with Gasteiger partial charge >= 0.3 is 0 Å². The van der Waals surface area contributed by atoms with E-state index in [1.165, 1.54) is 4.88 Å². The molecule has 0 radical (unpaired) electrons. The van der Waals surface area contributed by atoms with Gasteiger partial charge in [0, 0.05) is 29.1 Å². The van der Waals surface area contributed by atoms with Gasteiger partial charge in [-0.25, -0.2) is 4.98 Å². The molecule has 0 N–H and O–H groups in total. The fourth-order valence-corrected chi connectivity index (χ4v) is 3.31. The van der Waals surface area contributed by atoms with Gasteiger partial charge in [-0.05, 0) is 32.9 Å². The number of hydrogen-bond acceptors (Lipinski definition) is 5. The third-order valence-corrected chi connectivity index (χ3v) is 4.92. The minimum absolute atomic E-state index is 0.0593. The highest BCUT2D eigenvalue weighted by atomic mass is 32.1. The molecule has 24 heavy (non-hydrogen) atoms. The molecule has 0 aliphatic carbocycles. The van der Waals surface area contributed by atoms with Crippen LogP contribution in [-0.2, 0) is 6.54 Å². The van der Waals surface area contributed by atoms with Crippen molar-refractivity contribution in [3.8, 4) is 10.6 Å². The van der Waals surface area contributed by atoms with Crippen LogP contribution in [-0.4, -0.2) is 28.0 Å². The van der Waals surface area contributed by atoms with Gasteiger partial charge in [-0.15, -0.1) is 11.3 Å². The minimum atomic E-state index is -0.0593. The van der Waals surface area contributed by atoms with Gasteiger partial charge in [-0.1, -0.05) is 17.3 Å². The first-order valence-corrected chi connectivity index (χ1v) is 8.48. The Morgan fingerprint density at radius 1 is 1.25 bits per heavy atom. The second-order valence-corrected chi connectivity index (χ2v) is 7.04. The number of nitrogens with zero attached hydrogens (tertiary/aromatic N) is 3. The van der Waals surface area contributed by atoms with Crippen molar-refractivity contribution in [2.75, 3.05) is 7.05 Å². The molecule has 0 saturated heterocycles. The molecule has 2 aromatic heterocycles. The number of carbonyl (C=O) groups excluding carboxylic acids is 1. The number of carbonyl (C=O) groups is 1. The van der Waals surface area contributed by atoms with E-state index in [0.29, 0.717) is 17.9 Å². The number of rotatable bonds is 4. The number of amides is 1. The minimum Gasteiger partial charge on any atom is -0.359 e. The molecule has 1 aromatic carbocycles. The second kappa shape index (κ2) is 6.57. The Balaban J connectivity index is 1.81. The van der Waals surface area contributed by atoms with E-state index in [2.05, 4.69) is 17.1 Å². The molecule has 2 heterocycles. The summed E-state index contributed by atoms with van der Waals surface area (Å²) in [6.45, 7) is 6.30. The first-order chi connectivity index (χ1) is 11.4. The maximum atomic E-state index is 12.7. The zero-order valence-corrected chi connectivity index (χ0v) is 15.0. The first kappa shape index (κ1) is 16.4. The van der Waals surface area contributed by atoms with Gasteiger partial charge in [0.1, 0.15) is 5.01 Å². The molecule has 3 rings (SSSR count). The van der Waals surface area contributed by atoms with Gasteiger partial charge in [0.05, 0.1) is 17.9 Å². The summed E-state index contributed by atoms with van der Waals surface area (Å²) in [6, 6.07) is 9.42. The lowest BCUT2D eigenvalue weighted by atomic mass is 10.1. The lowest BCUT2D eigenvalue weighted by Gasteiger charge is -2.15. The van der Waals surface area contributed by atoms with Crippen LogP contribution in [0.1, 0.15) is 32.4 Å². The van der Waals surface area contributed by atoms with E-state index >= 15 is 0 Å². The molecule has 0 spiro atoms. The molecule has 0 saturated carbocycles. The molecular weight excluding hydrogens is 322 g/mol. The Labute approximate surface area is 144 Å². The van der Waals surface area contributed by atoms with Crippen LogP contribution >= 0.6 is 11.3 Å². The number of aryl methyl sites for hydroxylation is 3. The van der Waals surface area contributed by atoms with Crippen molar-refractivity contribution in [1.82, 2.24) is 15.0 Å². The van der Waals surface area contributed by atoms with Crippen LogP contribution in [0.4, 0.5) is 0 Å². The van der Waals surface area contributed by atoms with E-state index < -0.39 is 0 Å². The predicted octanol–water partition coefficient (Wildman–Crippen LogP) is 4.00. The van der Waals surface area contributed by atoms with Crippen molar-refractivity contribution in [3.05, 3.63) is 57.9 Å². The molecule has 6 heteroatoms. The fraction of sp³-hybridized carbons (Fsp3) is 0.278. The van der Waals surface area contributed by atoms with E-state index in [4.69, 9.17) is 4.52 Å². The van der Waals surface area contributed by atoms with Crippen molar-refractivity contribution < 1.29 is 9.32 Å². The van der Waals surface area contributed by atoms with Crippen molar-refractivity contribution in [2.24, 2.45) is 0 Å². The maximum Gasteiger partial charge on any atom is 0.254 e. The van der Waals surface area contributed by atoms with E-state index in [1.54, 1.807) is 23.3 Å². The van der Waals surface area contributed by atoms with Crippen molar-refractivity contribution in [3.63, 3.8) is 0 Å². The second-order valence-electron chi connectivity index (χ2n) is 5.84. The number of aromatic nitrogens is 2. The third kappa shape index (κ3) is 3.38. The Morgan fingerprint density at radius 3 is 2.67 bits per heavy atom. The molecule has 0 bridgehead atoms. The molecule has 0 fully saturated rings.